The Morgan fingerprint density at radius 1 is 0.881 bits per heavy atom. The van der Waals surface area contributed by atoms with Gasteiger partial charge in [-0.2, -0.15) is 5.26 Å². The molecule has 0 aromatic heterocycles. The minimum absolute atomic E-state index is 0.0999. The molecule has 8 rings (SSSR count). The van der Waals surface area contributed by atoms with Gasteiger partial charge in [0.25, 0.3) is 11.8 Å². The molecule has 0 bridgehead atoms. The zero-order valence-electron chi connectivity index (χ0n) is 34.6. The molecule has 3 saturated heterocycles. The Morgan fingerprint density at radius 2 is 1.54 bits per heavy atom. The number of fused-ring (bicyclic) bond motifs is 1. The standard InChI is InChI=1S/C46H54ClN7O5/c1-28-35-13-11-33(24-36(35)42(58)54(28)38-14-15-39(55)49-41(38)57)53-22-20-51(21-23-53)27-29-16-18-52(19-17-29)32-9-6-30(7-10-32)40(56)50-43-45(2,3)44(46(43,4)5)59-34-12-8-31(26-48)37(47)25-34/h6-13,24-25,28-29,38,43-44H,14-23,27H2,1-5H3,(H,50,56)(H,49,55,57). The number of benzene rings is 3. The minimum Gasteiger partial charge on any atom is -0.489 e. The number of amides is 4. The van der Waals surface area contributed by atoms with Crippen molar-refractivity contribution in [1.29, 1.82) is 5.26 Å². The van der Waals surface area contributed by atoms with Gasteiger partial charge in [-0.15, -0.1) is 0 Å². The zero-order valence-corrected chi connectivity index (χ0v) is 35.3. The highest BCUT2D eigenvalue weighted by Crippen LogP contribution is 2.55. The number of piperidine rings is 2. The van der Waals surface area contributed by atoms with Gasteiger partial charge in [0.2, 0.25) is 11.8 Å². The lowest BCUT2D eigenvalue weighted by atomic mass is 9.49. The number of carbonyl (C=O) groups is 4. The van der Waals surface area contributed by atoms with Gasteiger partial charge in [-0.25, -0.2) is 0 Å². The smallest absolute Gasteiger partial charge is 0.255 e. The van der Waals surface area contributed by atoms with Gasteiger partial charge in [-0.3, -0.25) is 29.4 Å². The highest BCUT2D eigenvalue weighted by molar-refractivity contribution is 6.31. The molecule has 2 N–H and O–H groups in total. The van der Waals surface area contributed by atoms with E-state index < -0.39 is 6.04 Å². The molecule has 4 aliphatic heterocycles. The lowest BCUT2D eigenvalue weighted by Gasteiger charge is -2.63. The monoisotopic (exact) mass is 819 g/mol. The second-order valence-electron chi connectivity index (χ2n) is 18.2. The number of nitrogens with zero attached hydrogens (tertiary/aromatic N) is 5. The molecule has 1 saturated carbocycles. The number of carbonyl (C=O) groups excluding carboxylic acids is 4. The molecule has 0 spiro atoms. The van der Waals surface area contributed by atoms with Crippen molar-refractivity contribution in [3.63, 3.8) is 0 Å². The Morgan fingerprint density at radius 3 is 2.19 bits per heavy atom. The highest BCUT2D eigenvalue weighted by atomic mass is 35.5. The first-order valence-corrected chi connectivity index (χ1v) is 21.3. The summed E-state index contributed by atoms with van der Waals surface area (Å²) in [5.74, 6) is 0.320. The van der Waals surface area contributed by atoms with E-state index in [2.05, 4.69) is 77.3 Å². The molecule has 1 aliphatic carbocycles. The molecule has 0 radical (unpaired) electrons. The molecule has 3 aromatic carbocycles. The predicted octanol–water partition coefficient (Wildman–Crippen LogP) is 6.18. The number of piperazine rings is 1. The number of hydrogen-bond acceptors (Lipinski definition) is 9. The number of anilines is 2. The third-order valence-electron chi connectivity index (χ3n) is 13.7. The maximum atomic E-state index is 13.6. The van der Waals surface area contributed by atoms with Crippen LogP contribution >= 0.6 is 11.6 Å². The lowest BCUT2D eigenvalue weighted by molar-refractivity contribution is -0.164. The number of ether oxygens (including phenoxy) is 1. The molecule has 2 unspecified atom stereocenters. The average molecular weight is 820 g/mol. The van der Waals surface area contributed by atoms with E-state index in [0.29, 0.717) is 39.8 Å². The molecule has 2 atom stereocenters. The van der Waals surface area contributed by atoms with Crippen molar-refractivity contribution in [1.82, 2.24) is 20.4 Å². The normalized spacial score (nSPS) is 25.5. The van der Waals surface area contributed by atoms with Crippen molar-refractivity contribution < 1.29 is 23.9 Å². The van der Waals surface area contributed by atoms with E-state index in [0.717, 1.165) is 75.6 Å². The van der Waals surface area contributed by atoms with Gasteiger partial charge in [-0.05, 0) is 86.2 Å². The summed E-state index contributed by atoms with van der Waals surface area (Å²) < 4.78 is 6.39. The summed E-state index contributed by atoms with van der Waals surface area (Å²) in [6.45, 7) is 17.1. The molecule has 3 aromatic rings. The molecular formula is C46H54ClN7O5. The van der Waals surface area contributed by atoms with Crippen LogP contribution in [0.3, 0.4) is 0 Å². The lowest BCUT2D eigenvalue weighted by Crippen LogP contribution is -2.74. The summed E-state index contributed by atoms with van der Waals surface area (Å²) in [6, 6.07) is 20.3. The van der Waals surface area contributed by atoms with E-state index in [9.17, 15) is 24.4 Å². The summed E-state index contributed by atoms with van der Waals surface area (Å²) in [6.07, 6.45) is 2.65. The minimum atomic E-state index is -0.625. The van der Waals surface area contributed by atoms with Crippen molar-refractivity contribution in [2.45, 2.75) is 84.5 Å². The van der Waals surface area contributed by atoms with Crippen LogP contribution in [0.25, 0.3) is 0 Å². The van der Waals surface area contributed by atoms with E-state index in [1.165, 1.54) is 0 Å². The van der Waals surface area contributed by atoms with Crippen LogP contribution in [0.15, 0.2) is 60.7 Å². The van der Waals surface area contributed by atoms with Crippen molar-refractivity contribution in [2.75, 3.05) is 55.6 Å². The van der Waals surface area contributed by atoms with Crippen molar-refractivity contribution in [3.8, 4) is 11.8 Å². The van der Waals surface area contributed by atoms with E-state index >= 15 is 0 Å². The van der Waals surface area contributed by atoms with Gasteiger partial charge in [0.05, 0.1) is 16.6 Å². The quantitative estimate of drug-likeness (QED) is 0.243. The van der Waals surface area contributed by atoms with Crippen LogP contribution in [-0.4, -0.2) is 97.4 Å². The Bertz CT molecular complexity index is 2170. The summed E-state index contributed by atoms with van der Waals surface area (Å²) in [7, 11) is 0. The van der Waals surface area contributed by atoms with Crippen LogP contribution in [-0.2, 0) is 9.59 Å². The molecular weight excluding hydrogens is 766 g/mol. The first-order valence-electron chi connectivity index (χ1n) is 21.0. The van der Waals surface area contributed by atoms with Gasteiger partial charge >= 0.3 is 0 Å². The van der Waals surface area contributed by atoms with Crippen LogP contribution in [0.1, 0.15) is 98.2 Å². The Labute approximate surface area is 351 Å². The van der Waals surface area contributed by atoms with Crippen molar-refractivity contribution in [2.24, 2.45) is 16.7 Å². The van der Waals surface area contributed by atoms with Crippen LogP contribution in [0.2, 0.25) is 5.02 Å². The van der Waals surface area contributed by atoms with Gasteiger partial charge in [-0.1, -0.05) is 45.4 Å². The molecule has 4 amide bonds. The van der Waals surface area contributed by atoms with E-state index in [-0.39, 0.29) is 59.1 Å². The summed E-state index contributed by atoms with van der Waals surface area (Å²) in [5.41, 5.74) is 4.11. The highest BCUT2D eigenvalue weighted by Gasteiger charge is 2.64. The SMILES string of the molecule is CC1c2ccc(N3CCN(CC4CCN(c5ccc(C(=O)NC6C(C)(C)C(Oc7ccc(C#N)c(Cl)c7)C6(C)C)cc5)CC4)CC3)cc2C(=O)N1C1CCC(=O)NC1=O. The second-order valence-corrected chi connectivity index (χ2v) is 18.6. The molecule has 4 heterocycles. The van der Waals surface area contributed by atoms with E-state index in [4.69, 9.17) is 16.3 Å². The number of nitriles is 1. The topological polar surface area (TPSA) is 138 Å². The summed E-state index contributed by atoms with van der Waals surface area (Å²) in [5, 5.41) is 15.3. The van der Waals surface area contributed by atoms with Gasteiger partial charge < -0.3 is 24.8 Å². The molecule has 5 aliphatic rings. The number of halogens is 1. The van der Waals surface area contributed by atoms with Crippen LogP contribution in [0.5, 0.6) is 5.75 Å². The van der Waals surface area contributed by atoms with Crippen molar-refractivity contribution >= 4 is 46.6 Å². The molecule has 59 heavy (non-hydrogen) atoms. The van der Waals surface area contributed by atoms with E-state index in [1.54, 1.807) is 23.1 Å². The van der Waals surface area contributed by atoms with Gasteiger partial charge in [0, 0.05) is 97.7 Å². The fraction of sp³-hybridized carbons (Fsp3) is 0.500. The van der Waals surface area contributed by atoms with Crippen LogP contribution < -0.4 is 25.2 Å². The molecule has 12 nitrogen and oxygen atoms in total. The fourth-order valence-electron chi connectivity index (χ4n) is 10.7. The fourth-order valence-corrected chi connectivity index (χ4v) is 10.9. The number of hydrogen-bond donors (Lipinski definition) is 2. The molecule has 13 heteroatoms. The largest absolute Gasteiger partial charge is 0.489 e. The summed E-state index contributed by atoms with van der Waals surface area (Å²) >= 11 is 6.26. The predicted molar refractivity (Wildman–Crippen MR) is 227 cm³/mol. The molecule has 4 fully saturated rings. The third-order valence-corrected chi connectivity index (χ3v) is 14.0. The first kappa shape index (κ1) is 40.7. The van der Waals surface area contributed by atoms with Crippen LogP contribution in [0, 0.1) is 28.1 Å². The van der Waals surface area contributed by atoms with E-state index in [1.807, 2.05) is 31.2 Å². The first-order chi connectivity index (χ1) is 28.1. The van der Waals surface area contributed by atoms with Crippen LogP contribution in [0.4, 0.5) is 11.4 Å². The van der Waals surface area contributed by atoms with Gasteiger partial charge in [0.15, 0.2) is 0 Å². The number of imide groups is 1. The van der Waals surface area contributed by atoms with Gasteiger partial charge in [0.1, 0.15) is 24.0 Å². The number of rotatable bonds is 9. The zero-order chi connectivity index (χ0) is 41.8. The third kappa shape index (κ3) is 7.64. The summed E-state index contributed by atoms with van der Waals surface area (Å²) in [4.78, 5) is 60.4. The molecule has 310 valence electrons. The maximum absolute atomic E-state index is 13.6. The Balaban J connectivity index is 0.789. The Kier molecular flexibility index (Phi) is 10.9. The number of nitrogens with one attached hydrogen (secondary N) is 2. The van der Waals surface area contributed by atoms with Crippen molar-refractivity contribution in [3.05, 3.63) is 87.9 Å². The Hall–Kier alpha value is -5.12. The maximum Gasteiger partial charge on any atom is 0.255 e. The second kappa shape index (κ2) is 15.8. The average Bonchev–Trinajstić information content (AvgIpc) is 3.47.